The maximum Gasteiger partial charge on any atom is 0.251 e. The van der Waals surface area contributed by atoms with Crippen molar-refractivity contribution in [2.75, 3.05) is 12.4 Å². The molecular formula is C10H11IN4O2. The second-order valence-corrected chi connectivity index (χ2v) is 5.00. The smallest absolute Gasteiger partial charge is 0.251 e. The number of carbonyl (C=O) groups excluding carboxylic acids is 2. The fourth-order valence-corrected chi connectivity index (χ4v) is 1.87. The first-order chi connectivity index (χ1) is 8.08. The summed E-state index contributed by atoms with van der Waals surface area (Å²) in [6.07, 6.45) is 4.18. The third kappa shape index (κ3) is 2.71. The molecule has 2 heterocycles. The molecule has 1 aromatic rings. The van der Waals surface area contributed by atoms with Crippen LogP contribution in [0.3, 0.4) is 0 Å². The fraction of sp³-hybridized carbons (Fsp3) is 0.400. The third-order valence-corrected chi connectivity index (χ3v) is 3.13. The van der Waals surface area contributed by atoms with Crippen LogP contribution in [0.25, 0.3) is 0 Å². The summed E-state index contributed by atoms with van der Waals surface area (Å²) in [7, 11) is 1.49. The summed E-state index contributed by atoms with van der Waals surface area (Å²) in [6, 6.07) is -0.419. The Labute approximate surface area is 112 Å². The molecule has 0 saturated carbocycles. The van der Waals surface area contributed by atoms with Gasteiger partial charge in [0.1, 0.15) is 6.04 Å². The summed E-state index contributed by atoms with van der Waals surface area (Å²) in [5.41, 5.74) is 0. The number of hydrogen-bond acceptors (Lipinski definition) is 5. The van der Waals surface area contributed by atoms with Gasteiger partial charge in [0.05, 0.1) is 0 Å². The van der Waals surface area contributed by atoms with Crippen molar-refractivity contribution < 1.29 is 9.59 Å². The monoisotopic (exact) mass is 346 g/mol. The van der Waals surface area contributed by atoms with Crippen LogP contribution in [0.2, 0.25) is 0 Å². The van der Waals surface area contributed by atoms with Crippen molar-refractivity contribution in [1.29, 1.82) is 0 Å². The lowest BCUT2D eigenvalue weighted by molar-refractivity contribution is -0.146. The summed E-state index contributed by atoms with van der Waals surface area (Å²) in [6.45, 7) is 0. The second kappa shape index (κ2) is 4.94. The molecule has 0 radical (unpaired) electrons. The molecule has 0 aliphatic carbocycles. The zero-order valence-electron chi connectivity index (χ0n) is 9.18. The van der Waals surface area contributed by atoms with Gasteiger partial charge in [0.2, 0.25) is 11.9 Å². The summed E-state index contributed by atoms with van der Waals surface area (Å²) < 4.78 is 0.926. The van der Waals surface area contributed by atoms with Crippen LogP contribution in [0.15, 0.2) is 12.4 Å². The van der Waals surface area contributed by atoms with Crippen LogP contribution in [0.4, 0.5) is 5.95 Å². The second-order valence-electron chi connectivity index (χ2n) is 3.75. The van der Waals surface area contributed by atoms with Gasteiger partial charge in [0.15, 0.2) is 0 Å². The van der Waals surface area contributed by atoms with E-state index in [1.54, 1.807) is 12.4 Å². The number of hydrogen-bond donors (Lipinski definition) is 1. The van der Waals surface area contributed by atoms with Crippen molar-refractivity contribution in [1.82, 2.24) is 14.9 Å². The Bertz CT molecular complexity index is 448. The number of likely N-dealkylation sites (N-methyl/N-ethyl adjacent to an activating group) is 1. The predicted molar refractivity (Wildman–Crippen MR) is 69.2 cm³/mol. The highest BCUT2D eigenvalue weighted by atomic mass is 127. The van der Waals surface area contributed by atoms with E-state index >= 15 is 0 Å². The average Bonchev–Trinajstić information content (AvgIpc) is 2.33. The zero-order chi connectivity index (χ0) is 12.4. The van der Waals surface area contributed by atoms with E-state index in [2.05, 4.69) is 37.9 Å². The first-order valence-corrected chi connectivity index (χ1v) is 6.20. The minimum absolute atomic E-state index is 0.142. The summed E-state index contributed by atoms with van der Waals surface area (Å²) in [5, 5.41) is 2.94. The highest BCUT2D eigenvalue weighted by Crippen LogP contribution is 2.15. The van der Waals surface area contributed by atoms with E-state index in [9.17, 15) is 9.59 Å². The van der Waals surface area contributed by atoms with Crippen LogP contribution in [-0.4, -0.2) is 39.8 Å². The molecule has 1 aliphatic rings. The van der Waals surface area contributed by atoms with Crippen molar-refractivity contribution in [2.24, 2.45) is 0 Å². The van der Waals surface area contributed by atoms with Crippen molar-refractivity contribution >= 4 is 40.4 Å². The van der Waals surface area contributed by atoms with Gasteiger partial charge in [0.25, 0.3) is 5.91 Å². The van der Waals surface area contributed by atoms with Crippen LogP contribution in [0.1, 0.15) is 12.8 Å². The minimum atomic E-state index is -0.419. The number of rotatable bonds is 2. The molecule has 1 N–H and O–H groups in total. The molecular weight excluding hydrogens is 335 g/mol. The molecule has 1 atom stereocenters. The molecule has 1 aromatic heterocycles. The number of amides is 2. The largest absolute Gasteiger partial charge is 0.342 e. The van der Waals surface area contributed by atoms with Crippen molar-refractivity contribution in [3.05, 3.63) is 16.0 Å². The normalized spacial score (nSPS) is 20.6. The maximum atomic E-state index is 11.8. The average molecular weight is 346 g/mol. The van der Waals surface area contributed by atoms with Crippen LogP contribution in [-0.2, 0) is 9.59 Å². The summed E-state index contributed by atoms with van der Waals surface area (Å²) in [5.74, 6) is 0.0338. The van der Waals surface area contributed by atoms with Crippen molar-refractivity contribution in [3.8, 4) is 0 Å². The predicted octanol–water partition coefficient (Wildman–Crippen LogP) is 0.640. The third-order valence-electron chi connectivity index (χ3n) is 2.57. The topological polar surface area (TPSA) is 75.2 Å². The number of likely N-dealkylation sites (tertiary alicyclic amines) is 1. The van der Waals surface area contributed by atoms with Gasteiger partial charge in [-0.15, -0.1) is 0 Å². The van der Waals surface area contributed by atoms with Gasteiger partial charge in [-0.1, -0.05) is 0 Å². The molecule has 1 unspecified atom stereocenters. The first kappa shape index (κ1) is 12.2. The Balaban J connectivity index is 2.06. The first-order valence-electron chi connectivity index (χ1n) is 5.12. The van der Waals surface area contributed by atoms with Gasteiger partial charge < -0.3 is 5.32 Å². The molecule has 1 fully saturated rings. The van der Waals surface area contributed by atoms with Crippen LogP contribution in [0.5, 0.6) is 0 Å². The lowest BCUT2D eigenvalue weighted by Gasteiger charge is -2.28. The fourth-order valence-electron chi connectivity index (χ4n) is 1.59. The Kier molecular flexibility index (Phi) is 3.55. The standard InChI is InChI=1S/C10H11IN4O2/c1-15-8(16)3-2-7(9(15)17)14-10-12-4-6(11)5-13-10/h4-5,7H,2-3H2,1H3,(H,12,13,14). The molecule has 2 rings (SSSR count). The van der Waals surface area contributed by atoms with E-state index in [1.165, 1.54) is 7.05 Å². The molecule has 0 aromatic carbocycles. The van der Waals surface area contributed by atoms with E-state index in [0.29, 0.717) is 18.8 Å². The van der Waals surface area contributed by atoms with Crippen LogP contribution in [0, 0.1) is 3.57 Å². The Morgan fingerprint density at radius 3 is 2.71 bits per heavy atom. The number of carbonyl (C=O) groups is 2. The van der Waals surface area contributed by atoms with E-state index in [-0.39, 0.29) is 11.8 Å². The highest BCUT2D eigenvalue weighted by molar-refractivity contribution is 14.1. The maximum absolute atomic E-state index is 11.8. The van der Waals surface area contributed by atoms with Crippen LogP contribution >= 0.6 is 22.6 Å². The lowest BCUT2D eigenvalue weighted by atomic mass is 10.1. The number of nitrogens with one attached hydrogen (secondary N) is 1. The number of imide groups is 1. The molecule has 7 heteroatoms. The molecule has 0 bridgehead atoms. The quantitative estimate of drug-likeness (QED) is 0.628. The van der Waals surface area contributed by atoms with Gasteiger partial charge >= 0.3 is 0 Å². The molecule has 0 spiro atoms. The minimum Gasteiger partial charge on any atom is -0.342 e. The van der Waals surface area contributed by atoms with Gasteiger partial charge in [-0.3, -0.25) is 14.5 Å². The molecule has 90 valence electrons. The molecule has 1 aliphatic heterocycles. The zero-order valence-corrected chi connectivity index (χ0v) is 11.3. The highest BCUT2D eigenvalue weighted by Gasteiger charge is 2.31. The molecule has 17 heavy (non-hydrogen) atoms. The number of piperidine rings is 1. The van der Waals surface area contributed by atoms with E-state index in [4.69, 9.17) is 0 Å². The lowest BCUT2D eigenvalue weighted by Crippen LogP contribution is -2.48. The Hall–Kier alpha value is -1.25. The Morgan fingerprint density at radius 2 is 2.06 bits per heavy atom. The van der Waals surface area contributed by atoms with E-state index < -0.39 is 6.04 Å². The summed E-state index contributed by atoms with van der Waals surface area (Å²) in [4.78, 5) is 32.4. The van der Waals surface area contributed by atoms with E-state index in [0.717, 1.165) is 8.47 Å². The van der Waals surface area contributed by atoms with Crippen molar-refractivity contribution in [2.45, 2.75) is 18.9 Å². The molecule has 2 amide bonds. The van der Waals surface area contributed by atoms with Crippen molar-refractivity contribution in [3.63, 3.8) is 0 Å². The number of aromatic nitrogens is 2. The van der Waals surface area contributed by atoms with Gasteiger partial charge in [-0.25, -0.2) is 9.97 Å². The number of anilines is 1. The van der Waals surface area contributed by atoms with Gasteiger partial charge in [-0.05, 0) is 29.0 Å². The number of nitrogens with zero attached hydrogens (tertiary/aromatic N) is 3. The summed E-state index contributed by atoms with van der Waals surface area (Å²) >= 11 is 2.10. The van der Waals surface area contributed by atoms with Crippen LogP contribution < -0.4 is 5.32 Å². The number of halogens is 1. The van der Waals surface area contributed by atoms with E-state index in [1.807, 2.05) is 0 Å². The SMILES string of the molecule is CN1C(=O)CCC(Nc2ncc(I)cn2)C1=O. The van der Waals surface area contributed by atoms with Gasteiger partial charge in [-0.2, -0.15) is 0 Å². The van der Waals surface area contributed by atoms with Gasteiger partial charge in [0, 0.05) is 29.4 Å². The molecule has 1 saturated heterocycles. The molecule has 6 nitrogen and oxygen atoms in total. The Morgan fingerprint density at radius 1 is 1.41 bits per heavy atom.